The Morgan fingerprint density at radius 2 is 1.97 bits per heavy atom. The molecule has 1 amide bonds. The molecule has 2 aliphatic rings. The number of ketones is 1. The normalized spacial score (nSPS) is 23.2. The van der Waals surface area contributed by atoms with Gasteiger partial charge in [-0.2, -0.15) is 0 Å². The summed E-state index contributed by atoms with van der Waals surface area (Å²) in [4.78, 5) is 29.6. The van der Waals surface area contributed by atoms with Crippen molar-refractivity contribution in [2.75, 3.05) is 5.32 Å². The molecule has 2 heterocycles. The Morgan fingerprint density at radius 1 is 1.23 bits per heavy atom. The van der Waals surface area contributed by atoms with Crippen molar-refractivity contribution >= 4 is 40.0 Å². The van der Waals surface area contributed by atoms with E-state index in [1.165, 1.54) is 18.2 Å². The summed E-state index contributed by atoms with van der Waals surface area (Å²) in [6, 6.07) is 8.01. The fourth-order valence-corrected chi connectivity index (χ4v) is 5.54. The van der Waals surface area contributed by atoms with E-state index in [0.29, 0.717) is 41.8 Å². The smallest absolute Gasteiger partial charge is 0.272 e. The highest BCUT2D eigenvalue weighted by atomic mass is 35.5. The van der Waals surface area contributed by atoms with E-state index < -0.39 is 5.82 Å². The highest BCUT2D eigenvalue weighted by molar-refractivity contribution is 6.31. The summed E-state index contributed by atoms with van der Waals surface area (Å²) in [6.07, 6.45) is 4.84. The number of pyridine rings is 1. The van der Waals surface area contributed by atoms with E-state index in [2.05, 4.69) is 10.3 Å². The van der Waals surface area contributed by atoms with Crippen LogP contribution in [0.5, 0.6) is 0 Å². The lowest BCUT2D eigenvalue weighted by molar-refractivity contribution is -0.117. The molecule has 2 saturated carbocycles. The van der Waals surface area contributed by atoms with Crippen LogP contribution in [0.2, 0.25) is 5.02 Å². The van der Waals surface area contributed by atoms with Crippen molar-refractivity contribution in [3.05, 3.63) is 58.6 Å². The molecule has 0 aliphatic heterocycles. The maximum Gasteiger partial charge on any atom is 0.272 e. The molecule has 30 heavy (non-hydrogen) atoms. The van der Waals surface area contributed by atoms with Crippen LogP contribution in [-0.2, 0) is 11.8 Å². The van der Waals surface area contributed by atoms with E-state index >= 15 is 0 Å². The van der Waals surface area contributed by atoms with Crippen LogP contribution in [0, 0.1) is 17.7 Å². The average Bonchev–Trinajstić information content (AvgIpc) is 3.34. The van der Waals surface area contributed by atoms with Crippen molar-refractivity contribution in [2.45, 2.75) is 31.6 Å². The maximum atomic E-state index is 13.5. The second kappa shape index (κ2) is 7.20. The number of aryl methyl sites for hydroxylation is 1. The number of benzene rings is 1. The topological polar surface area (TPSA) is 64.0 Å². The standard InChI is InChI=1S/C23H21ClFN3O2/c1-28-21(23(30)27-15-4-5-19(25)18(24)11-15)20(17-3-2-6-26-22(17)28)14-7-12-9-16(29)10-13(12)8-14/h2-6,11-14H,7-10H2,1H3,(H,27,30). The number of anilines is 1. The van der Waals surface area contributed by atoms with Crippen molar-refractivity contribution in [1.29, 1.82) is 0 Å². The molecule has 1 N–H and O–H groups in total. The Hall–Kier alpha value is -2.73. The van der Waals surface area contributed by atoms with Gasteiger partial charge in [0.25, 0.3) is 5.91 Å². The molecule has 2 unspecified atom stereocenters. The summed E-state index contributed by atoms with van der Waals surface area (Å²) < 4.78 is 15.3. The molecule has 7 heteroatoms. The summed E-state index contributed by atoms with van der Waals surface area (Å²) >= 11 is 5.87. The van der Waals surface area contributed by atoms with Crippen LogP contribution < -0.4 is 5.32 Å². The molecule has 0 spiro atoms. The van der Waals surface area contributed by atoms with Crippen LogP contribution in [0.3, 0.4) is 0 Å². The predicted octanol–water partition coefficient (Wildman–Crippen LogP) is 5.09. The van der Waals surface area contributed by atoms with E-state index in [1.807, 2.05) is 23.7 Å². The first-order valence-corrected chi connectivity index (χ1v) is 10.5. The summed E-state index contributed by atoms with van der Waals surface area (Å²) in [5, 5.41) is 3.79. The molecule has 2 atom stereocenters. The van der Waals surface area contributed by atoms with E-state index in [9.17, 15) is 14.0 Å². The first-order chi connectivity index (χ1) is 14.4. The number of nitrogens with zero attached hydrogens (tertiary/aromatic N) is 2. The minimum Gasteiger partial charge on any atom is -0.324 e. The molecule has 0 saturated heterocycles. The predicted molar refractivity (Wildman–Crippen MR) is 113 cm³/mol. The van der Waals surface area contributed by atoms with Crippen molar-refractivity contribution < 1.29 is 14.0 Å². The molecule has 2 aliphatic carbocycles. The number of Topliss-reactive ketones (excluding diaryl/α,β-unsaturated/α-hetero) is 1. The zero-order valence-corrected chi connectivity index (χ0v) is 17.2. The second-order valence-electron chi connectivity index (χ2n) is 8.41. The van der Waals surface area contributed by atoms with Gasteiger partial charge in [0.15, 0.2) is 0 Å². The highest BCUT2D eigenvalue weighted by Crippen LogP contribution is 2.51. The molecular weight excluding hydrogens is 405 g/mol. The number of carbonyl (C=O) groups excluding carboxylic acids is 2. The monoisotopic (exact) mass is 425 g/mol. The van der Waals surface area contributed by atoms with Gasteiger partial charge in [-0.05, 0) is 66.5 Å². The molecule has 0 radical (unpaired) electrons. The van der Waals surface area contributed by atoms with E-state index in [-0.39, 0.29) is 16.8 Å². The van der Waals surface area contributed by atoms with E-state index in [1.54, 1.807) is 6.20 Å². The number of hydrogen-bond acceptors (Lipinski definition) is 3. The van der Waals surface area contributed by atoms with Gasteiger partial charge in [-0.3, -0.25) is 9.59 Å². The minimum absolute atomic E-state index is 0.0417. The maximum absolute atomic E-state index is 13.5. The summed E-state index contributed by atoms with van der Waals surface area (Å²) in [5.41, 5.74) is 2.74. The van der Waals surface area contributed by atoms with Gasteiger partial charge in [-0.15, -0.1) is 0 Å². The third kappa shape index (κ3) is 3.10. The zero-order valence-electron chi connectivity index (χ0n) is 16.5. The van der Waals surface area contributed by atoms with Crippen LogP contribution in [-0.4, -0.2) is 21.2 Å². The lowest BCUT2D eigenvalue weighted by Crippen LogP contribution is -2.18. The van der Waals surface area contributed by atoms with Crippen LogP contribution in [0.1, 0.15) is 47.7 Å². The molecule has 1 aromatic carbocycles. The first kappa shape index (κ1) is 19.2. The Balaban J connectivity index is 1.55. The third-order valence-electron chi connectivity index (χ3n) is 6.61. The van der Waals surface area contributed by atoms with Crippen molar-refractivity contribution in [3.8, 4) is 0 Å². The van der Waals surface area contributed by atoms with Crippen LogP contribution in [0.25, 0.3) is 11.0 Å². The van der Waals surface area contributed by atoms with Crippen molar-refractivity contribution in [2.24, 2.45) is 18.9 Å². The molecule has 3 aromatic rings. The van der Waals surface area contributed by atoms with Crippen LogP contribution in [0.15, 0.2) is 36.5 Å². The Bertz CT molecular complexity index is 1170. The number of fused-ring (bicyclic) bond motifs is 2. The number of aromatic nitrogens is 2. The number of carbonyl (C=O) groups is 2. The highest BCUT2D eigenvalue weighted by Gasteiger charge is 2.43. The van der Waals surface area contributed by atoms with Gasteiger partial charge in [-0.25, -0.2) is 9.37 Å². The SMILES string of the molecule is Cn1c(C(=O)Nc2ccc(F)c(Cl)c2)c(C2CC3CC(=O)CC3C2)c2cccnc21. The lowest BCUT2D eigenvalue weighted by Gasteiger charge is -2.15. The molecule has 2 fully saturated rings. The Kier molecular flexibility index (Phi) is 4.62. The van der Waals surface area contributed by atoms with Crippen LogP contribution >= 0.6 is 11.6 Å². The van der Waals surface area contributed by atoms with E-state index in [4.69, 9.17) is 11.6 Å². The Labute approximate surface area is 178 Å². The van der Waals surface area contributed by atoms with Crippen molar-refractivity contribution in [3.63, 3.8) is 0 Å². The zero-order chi connectivity index (χ0) is 21.0. The molecule has 5 nitrogen and oxygen atoms in total. The van der Waals surface area contributed by atoms with Gasteiger partial charge in [0.2, 0.25) is 0 Å². The van der Waals surface area contributed by atoms with Crippen LogP contribution in [0.4, 0.5) is 10.1 Å². The Morgan fingerprint density at radius 3 is 2.67 bits per heavy atom. The summed E-state index contributed by atoms with van der Waals surface area (Å²) in [6.45, 7) is 0. The molecule has 0 bridgehead atoms. The number of nitrogens with one attached hydrogen (secondary N) is 1. The number of hydrogen-bond donors (Lipinski definition) is 1. The number of rotatable bonds is 3. The minimum atomic E-state index is -0.531. The molecule has 2 aromatic heterocycles. The fourth-order valence-electron chi connectivity index (χ4n) is 5.36. The average molecular weight is 426 g/mol. The van der Waals surface area contributed by atoms with Gasteiger partial charge in [0.05, 0.1) is 5.02 Å². The largest absolute Gasteiger partial charge is 0.324 e. The summed E-state index contributed by atoms with van der Waals surface area (Å²) in [7, 11) is 1.84. The first-order valence-electron chi connectivity index (χ1n) is 10.1. The van der Waals surface area contributed by atoms with Gasteiger partial charge < -0.3 is 9.88 Å². The van der Waals surface area contributed by atoms with Gasteiger partial charge in [0, 0.05) is 37.2 Å². The number of halogens is 2. The molecule has 5 rings (SSSR count). The molecule has 154 valence electrons. The third-order valence-corrected chi connectivity index (χ3v) is 6.90. The number of amides is 1. The van der Waals surface area contributed by atoms with Gasteiger partial charge >= 0.3 is 0 Å². The fraction of sp³-hybridized carbons (Fsp3) is 0.348. The second-order valence-corrected chi connectivity index (χ2v) is 8.82. The van der Waals surface area contributed by atoms with Gasteiger partial charge in [-0.1, -0.05) is 11.6 Å². The quantitative estimate of drug-likeness (QED) is 0.635. The molecular formula is C23H21ClFN3O2. The van der Waals surface area contributed by atoms with Gasteiger partial charge in [0.1, 0.15) is 22.9 Å². The van der Waals surface area contributed by atoms with E-state index in [0.717, 1.165) is 29.4 Å². The van der Waals surface area contributed by atoms with Crippen molar-refractivity contribution in [1.82, 2.24) is 9.55 Å². The summed E-state index contributed by atoms with van der Waals surface area (Å²) in [5.74, 6) is 0.563. The lowest BCUT2D eigenvalue weighted by atomic mass is 9.92.